The van der Waals surface area contributed by atoms with E-state index in [-0.39, 0.29) is 16.4 Å². The average molecular weight is 298 g/mol. The molecule has 0 bridgehead atoms. The zero-order valence-corrected chi connectivity index (χ0v) is 12.2. The largest absolute Gasteiger partial charge is 0.476 e. The van der Waals surface area contributed by atoms with Crippen LogP contribution in [0.2, 0.25) is 0 Å². The summed E-state index contributed by atoms with van der Waals surface area (Å²) in [7, 11) is 0. The number of carboxylic acids is 1. The normalized spacial score (nSPS) is 14.2. The Kier molecular flexibility index (Phi) is 5.08. The van der Waals surface area contributed by atoms with E-state index < -0.39 is 5.97 Å². The number of carbonyl (C=O) groups is 2. The number of thiazole rings is 1. The molecule has 0 spiro atoms. The number of nitrogens with one attached hydrogen (secondary N) is 1. The highest BCUT2D eigenvalue weighted by Gasteiger charge is 2.21. The first kappa shape index (κ1) is 14.9. The van der Waals surface area contributed by atoms with Gasteiger partial charge in [-0.3, -0.25) is 4.79 Å². The molecule has 0 amide bonds. The summed E-state index contributed by atoms with van der Waals surface area (Å²) in [4.78, 5) is 26.4. The van der Waals surface area contributed by atoms with Crippen LogP contribution in [-0.2, 0) is 4.74 Å². The van der Waals surface area contributed by atoms with E-state index in [9.17, 15) is 9.59 Å². The second kappa shape index (κ2) is 6.81. The highest BCUT2D eigenvalue weighted by atomic mass is 32.1. The topological polar surface area (TPSA) is 88.5 Å². The van der Waals surface area contributed by atoms with Gasteiger partial charge >= 0.3 is 5.97 Å². The highest BCUT2D eigenvalue weighted by molar-refractivity contribution is 7.17. The highest BCUT2D eigenvalue weighted by Crippen LogP contribution is 2.28. The number of nitrogens with zero attached hydrogens (tertiary/aromatic N) is 1. The molecule has 6 nitrogen and oxygen atoms in total. The molecular formula is C13H18N2O4S. The Morgan fingerprint density at radius 1 is 1.50 bits per heavy atom. The van der Waals surface area contributed by atoms with E-state index >= 15 is 0 Å². The molecule has 1 aromatic heterocycles. The monoisotopic (exact) mass is 298 g/mol. The molecule has 1 aromatic rings. The summed E-state index contributed by atoms with van der Waals surface area (Å²) in [5, 5.41) is 12.5. The maximum absolute atomic E-state index is 11.3. The molecule has 2 N–H and O–H groups in total. The fourth-order valence-corrected chi connectivity index (χ4v) is 2.56. The Morgan fingerprint density at radius 3 is 2.80 bits per heavy atom. The Labute approximate surface area is 121 Å². The van der Waals surface area contributed by atoms with Gasteiger partial charge in [0.15, 0.2) is 16.6 Å². The number of hydrogen-bond donors (Lipinski definition) is 2. The van der Waals surface area contributed by atoms with Gasteiger partial charge in [0.2, 0.25) is 0 Å². The molecule has 110 valence electrons. The molecule has 0 unspecified atom stereocenters. The number of ketones is 1. The van der Waals surface area contributed by atoms with Gasteiger partial charge in [-0.2, -0.15) is 0 Å². The molecule has 0 atom stereocenters. The smallest absolute Gasteiger partial charge is 0.356 e. The van der Waals surface area contributed by atoms with E-state index in [2.05, 4.69) is 10.3 Å². The molecule has 0 aliphatic heterocycles. The summed E-state index contributed by atoms with van der Waals surface area (Å²) in [6.45, 7) is 3.51. The number of hydrogen-bond acceptors (Lipinski definition) is 6. The van der Waals surface area contributed by atoms with Crippen LogP contribution in [0.15, 0.2) is 0 Å². The van der Waals surface area contributed by atoms with Crippen LogP contribution in [0, 0.1) is 5.92 Å². The Morgan fingerprint density at radius 2 is 2.25 bits per heavy atom. The number of aromatic carboxylic acids is 1. The summed E-state index contributed by atoms with van der Waals surface area (Å²) in [6, 6.07) is 0. The summed E-state index contributed by atoms with van der Waals surface area (Å²) in [6.07, 6.45) is 3.39. The van der Waals surface area contributed by atoms with Gasteiger partial charge in [0.25, 0.3) is 0 Å². The first-order valence-electron chi connectivity index (χ1n) is 6.64. The summed E-state index contributed by atoms with van der Waals surface area (Å²) >= 11 is 1.08. The lowest BCUT2D eigenvalue weighted by atomic mass is 10.3. The third kappa shape index (κ3) is 4.28. The lowest BCUT2D eigenvalue weighted by Gasteiger charge is -2.03. The maximum Gasteiger partial charge on any atom is 0.356 e. The van der Waals surface area contributed by atoms with Crippen molar-refractivity contribution < 1.29 is 19.4 Å². The SMILES string of the molecule is CC(=O)c1sc(NCCCOCC2CC2)nc1C(=O)O. The summed E-state index contributed by atoms with van der Waals surface area (Å²) in [5.74, 6) is -0.689. The van der Waals surface area contributed by atoms with Crippen molar-refractivity contribution in [3.05, 3.63) is 10.6 Å². The van der Waals surface area contributed by atoms with E-state index in [1.54, 1.807) is 0 Å². The second-order valence-corrected chi connectivity index (χ2v) is 5.86. The van der Waals surface area contributed by atoms with Crippen LogP contribution in [0.25, 0.3) is 0 Å². The quantitative estimate of drug-likeness (QED) is 0.537. The van der Waals surface area contributed by atoms with E-state index in [1.807, 2.05) is 0 Å². The molecule has 7 heteroatoms. The molecule has 1 heterocycles. The minimum atomic E-state index is -1.17. The molecular weight excluding hydrogens is 280 g/mol. The van der Waals surface area contributed by atoms with Crippen molar-refractivity contribution in [3.63, 3.8) is 0 Å². The fraction of sp³-hybridized carbons (Fsp3) is 0.615. The molecule has 0 aromatic carbocycles. The molecule has 1 saturated carbocycles. The van der Waals surface area contributed by atoms with Crippen molar-refractivity contribution in [2.75, 3.05) is 25.1 Å². The molecule has 1 aliphatic carbocycles. The van der Waals surface area contributed by atoms with Crippen LogP contribution in [0.5, 0.6) is 0 Å². The van der Waals surface area contributed by atoms with Gasteiger partial charge in [0.1, 0.15) is 4.88 Å². The first-order chi connectivity index (χ1) is 9.58. The van der Waals surface area contributed by atoms with Crippen LogP contribution < -0.4 is 5.32 Å². The lowest BCUT2D eigenvalue weighted by molar-refractivity contribution is 0.0687. The van der Waals surface area contributed by atoms with Gasteiger partial charge in [0.05, 0.1) is 0 Å². The zero-order valence-electron chi connectivity index (χ0n) is 11.3. The van der Waals surface area contributed by atoms with Crippen LogP contribution in [0.4, 0.5) is 5.13 Å². The molecule has 0 radical (unpaired) electrons. The van der Waals surface area contributed by atoms with E-state index in [1.165, 1.54) is 19.8 Å². The van der Waals surface area contributed by atoms with Crippen molar-refractivity contribution in [1.29, 1.82) is 0 Å². The third-order valence-electron chi connectivity index (χ3n) is 2.94. The van der Waals surface area contributed by atoms with Gasteiger partial charge in [-0.25, -0.2) is 9.78 Å². The van der Waals surface area contributed by atoms with Crippen LogP contribution in [0.3, 0.4) is 0 Å². The second-order valence-electron chi connectivity index (χ2n) is 4.86. The zero-order chi connectivity index (χ0) is 14.5. The molecule has 2 rings (SSSR count). The summed E-state index contributed by atoms with van der Waals surface area (Å²) in [5.41, 5.74) is -0.171. The van der Waals surface area contributed by atoms with Gasteiger partial charge in [0, 0.05) is 26.7 Å². The van der Waals surface area contributed by atoms with Crippen molar-refractivity contribution in [2.24, 2.45) is 5.92 Å². The molecule has 20 heavy (non-hydrogen) atoms. The Balaban J connectivity index is 1.75. The lowest BCUT2D eigenvalue weighted by Crippen LogP contribution is -2.07. The number of anilines is 1. The first-order valence-corrected chi connectivity index (χ1v) is 7.46. The minimum absolute atomic E-state index is 0.171. The summed E-state index contributed by atoms with van der Waals surface area (Å²) < 4.78 is 5.50. The number of carboxylic acid groups (broad SMARTS) is 1. The number of rotatable bonds is 9. The van der Waals surface area contributed by atoms with Gasteiger partial charge in [-0.05, 0) is 25.2 Å². The van der Waals surface area contributed by atoms with Crippen molar-refractivity contribution in [3.8, 4) is 0 Å². The number of carbonyl (C=O) groups excluding carboxylic acids is 1. The van der Waals surface area contributed by atoms with Gasteiger partial charge in [-0.15, -0.1) is 0 Å². The van der Waals surface area contributed by atoms with Crippen LogP contribution in [-0.4, -0.2) is 41.6 Å². The third-order valence-corrected chi connectivity index (χ3v) is 4.06. The number of aromatic nitrogens is 1. The van der Waals surface area contributed by atoms with E-state index in [0.29, 0.717) is 18.3 Å². The van der Waals surface area contributed by atoms with Gasteiger partial charge in [-0.1, -0.05) is 11.3 Å². The Bertz CT molecular complexity index is 465. The molecule has 0 saturated heterocycles. The predicted octanol–water partition coefficient (Wildman–Crippen LogP) is 2.27. The average Bonchev–Trinajstić information content (AvgIpc) is 3.10. The van der Waals surface area contributed by atoms with Crippen LogP contribution in [0.1, 0.15) is 46.3 Å². The minimum Gasteiger partial charge on any atom is -0.476 e. The van der Waals surface area contributed by atoms with E-state index in [4.69, 9.17) is 9.84 Å². The van der Waals surface area contributed by atoms with Crippen LogP contribution >= 0.6 is 11.3 Å². The van der Waals surface area contributed by atoms with Crippen molar-refractivity contribution in [1.82, 2.24) is 4.98 Å². The van der Waals surface area contributed by atoms with E-state index in [0.717, 1.165) is 30.3 Å². The molecule has 1 aliphatic rings. The predicted molar refractivity (Wildman–Crippen MR) is 75.7 cm³/mol. The maximum atomic E-state index is 11.3. The standard InChI is InChI=1S/C13H18N2O4S/c1-8(16)11-10(12(17)18)15-13(20-11)14-5-2-6-19-7-9-3-4-9/h9H,2-7H2,1H3,(H,14,15)(H,17,18). The Hall–Kier alpha value is -1.47. The fourth-order valence-electron chi connectivity index (χ4n) is 1.68. The van der Waals surface area contributed by atoms with Gasteiger partial charge < -0.3 is 15.2 Å². The number of Topliss-reactive ketones (excluding diaryl/α,β-unsaturated/α-hetero) is 1. The van der Waals surface area contributed by atoms with Crippen molar-refractivity contribution in [2.45, 2.75) is 26.2 Å². The van der Waals surface area contributed by atoms with Crippen molar-refractivity contribution >= 4 is 28.2 Å². The molecule has 1 fully saturated rings. The number of ether oxygens (including phenoxy) is 1.